The molecule has 1 aromatic rings. The van der Waals surface area contributed by atoms with Crippen molar-refractivity contribution in [2.24, 2.45) is 0 Å². The molecule has 1 heterocycles. The molecule has 3 nitrogen and oxygen atoms in total. The van der Waals surface area contributed by atoms with Gasteiger partial charge >= 0.3 is 7.12 Å². The molecule has 0 radical (unpaired) electrons. The molecule has 4 N–H and O–H groups in total. The predicted octanol–water partition coefficient (Wildman–Crippen LogP) is -0.990. The Balaban J connectivity index is 2.85. The zero-order valence-corrected chi connectivity index (χ0v) is 5.43. The summed E-state index contributed by atoms with van der Waals surface area (Å²) in [5, 5.41) is 17.7. The summed E-state index contributed by atoms with van der Waals surface area (Å²) in [5.74, 6) is 0. The minimum atomic E-state index is -1.38. The Hall–Kier alpha value is -0.515. The first-order valence-electron chi connectivity index (χ1n) is 2.41. The first kappa shape index (κ1) is 6.60. The van der Waals surface area contributed by atoms with E-state index in [2.05, 4.69) is 0 Å². The van der Waals surface area contributed by atoms with Gasteiger partial charge < -0.3 is 15.8 Å². The molecule has 0 amide bonds. The molecule has 1 aromatic heterocycles. The Bertz CT molecular complexity index is 200. The lowest BCUT2D eigenvalue weighted by Gasteiger charge is -1.87. The molecule has 0 fully saturated rings. The maximum Gasteiger partial charge on any atom is 0.499 e. The Morgan fingerprint density at radius 1 is 1.44 bits per heavy atom. The van der Waals surface area contributed by atoms with Crippen LogP contribution in [0.4, 0.5) is 5.00 Å². The van der Waals surface area contributed by atoms with Crippen LogP contribution in [0.1, 0.15) is 0 Å². The smallest absolute Gasteiger partial charge is 0.423 e. The van der Waals surface area contributed by atoms with Crippen molar-refractivity contribution in [2.45, 2.75) is 0 Å². The van der Waals surface area contributed by atoms with Gasteiger partial charge in [-0.25, -0.2) is 0 Å². The molecular formula is C4H6BNO2S. The van der Waals surface area contributed by atoms with Crippen LogP contribution in [-0.2, 0) is 0 Å². The molecule has 0 aliphatic carbocycles. The zero-order chi connectivity index (χ0) is 6.85. The zero-order valence-electron chi connectivity index (χ0n) is 4.61. The van der Waals surface area contributed by atoms with Crippen molar-refractivity contribution in [2.75, 3.05) is 5.73 Å². The summed E-state index contributed by atoms with van der Waals surface area (Å²) in [7, 11) is -1.38. The van der Waals surface area contributed by atoms with Crippen LogP contribution in [0.3, 0.4) is 0 Å². The highest BCUT2D eigenvalue weighted by Gasteiger charge is 2.11. The van der Waals surface area contributed by atoms with E-state index in [9.17, 15) is 0 Å². The molecule has 1 rings (SSSR count). The Morgan fingerprint density at radius 3 is 2.33 bits per heavy atom. The van der Waals surface area contributed by atoms with Crippen LogP contribution in [0.2, 0.25) is 0 Å². The van der Waals surface area contributed by atoms with E-state index in [4.69, 9.17) is 15.8 Å². The lowest BCUT2D eigenvalue weighted by Crippen LogP contribution is -2.26. The number of nitrogens with two attached hydrogens (primary N) is 1. The van der Waals surface area contributed by atoms with Gasteiger partial charge in [-0.15, -0.1) is 11.3 Å². The van der Waals surface area contributed by atoms with Gasteiger partial charge in [0.15, 0.2) is 0 Å². The van der Waals surface area contributed by atoms with Crippen LogP contribution in [0.15, 0.2) is 12.1 Å². The number of hydrogen-bond donors (Lipinski definition) is 3. The molecule has 0 aliphatic rings. The largest absolute Gasteiger partial charge is 0.499 e. The fraction of sp³-hybridized carbons (Fsp3) is 0. The fourth-order valence-electron chi connectivity index (χ4n) is 0.507. The third-order valence-corrected chi connectivity index (χ3v) is 1.86. The SMILES string of the molecule is Nc1ccc(B(O)O)s1. The van der Waals surface area contributed by atoms with Gasteiger partial charge in [-0.05, 0) is 12.1 Å². The molecule has 0 saturated carbocycles. The Kier molecular flexibility index (Phi) is 1.75. The molecule has 48 valence electrons. The predicted molar refractivity (Wildman–Crippen MR) is 38.6 cm³/mol. The van der Waals surface area contributed by atoms with Crippen molar-refractivity contribution in [3.63, 3.8) is 0 Å². The van der Waals surface area contributed by atoms with Crippen molar-refractivity contribution < 1.29 is 10.0 Å². The molecular weight excluding hydrogens is 137 g/mol. The third-order valence-electron chi connectivity index (χ3n) is 0.902. The van der Waals surface area contributed by atoms with E-state index in [1.807, 2.05) is 0 Å². The summed E-state index contributed by atoms with van der Waals surface area (Å²) in [6, 6.07) is 3.23. The topological polar surface area (TPSA) is 66.5 Å². The number of thiophene rings is 1. The second-order valence-electron chi connectivity index (χ2n) is 1.61. The highest BCUT2D eigenvalue weighted by atomic mass is 32.1. The molecule has 0 bridgehead atoms. The van der Waals surface area contributed by atoms with E-state index in [0.29, 0.717) is 9.78 Å². The lowest BCUT2D eigenvalue weighted by atomic mass is 9.90. The van der Waals surface area contributed by atoms with Crippen molar-refractivity contribution in [3.05, 3.63) is 12.1 Å². The lowest BCUT2D eigenvalue weighted by molar-refractivity contribution is 0.427. The van der Waals surface area contributed by atoms with Gasteiger partial charge in [0.25, 0.3) is 0 Å². The first-order valence-corrected chi connectivity index (χ1v) is 3.23. The number of hydrogen-bond acceptors (Lipinski definition) is 4. The summed E-state index contributed by atoms with van der Waals surface area (Å²) < 4.78 is 0.479. The summed E-state index contributed by atoms with van der Waals surface area (Å²) >= 11 is 1.17. The number of anilines is 1. The summed E-state index contributed by atoms with van der Waals surface area (Å²) in [6.45, 7) is 0. The van der Waals surface area contributed by atoms with Gasteiger partial charge in [-0.1, -0.05) is 0 Å². The summed E-state index contributed by atoms with van der Waals surface area (Å²) in [6.07, 6.45) is 0. The second-order valence-corrected chi connectivity index (χ2v) is 2.76. The number of rotatable bonds is 1. The molecule has 0 atom stereocenters. The van der Waals surface area contributed by atoms with Gasteiger partial charge in [0.1, 0.15) is 0 Å². The average molecular weight is 143 g/mol. The van der Waals surface area contributed by atoms with Crippen LogP contribution < -0.4 is 10.5 Å². The molecule has 0 aromatic carbocycles. The highest BCUT2D eigenvalue weighted by molar-refractivity contribution is 7.25. The molecule has 0 spiro atoms. The Labute approximate surface area is 56.9 Å². The van der Waals surface area contributed by atoms with E-state index >= 15 is 0 Å². The monoisotopic (exact) mass is 143 g/mol. The molecule has 5 heteroatoms. The highest BCUT2D eigenvalue weighted by Crippen LogP contribution is 2.07. The molecule has 0 saturated heterocycles. The van der Waals surface area contributed by atoms with Crippen LogP contribution >= 0.6 is 11.3 Å². The Morgan fingerprint density at radius 2 is 2.11 bits per heavy atom. The van der Waals surface area contributed by atoms with Crippen molar-refractivity contribution in [1.29, 1.82) is 0 Å². The maximum atomic E-state index is 8.55. The van der Waals surface area contributed by atoms with E-state index in [1.54, 1.807) is 12.1 Å². The maximum absolute atomic E-state index is 8.55. The van der Waals surface area contributed by atoms with Crippen LogP contribution in [0.25, 0.3) is 0 Å². The van der Waals surface area contributed by atoms with Crippen LogP contribution in [0.5, 0.6) is 0 Å². The van der Waals surface area contributed by atoms with Gasteiger partial charge in [0.05, 0.1) is 5.00 Å². The van der Waals surface area contributed by atoms with Gasteiger partial charge in [0.2, 0.25) is 0 Å². The quantitative estimate of drug-likeness (QED) is 0.442. The van der Waals surface area contributed by atoms with E-state index in [0.717, 1.165) is 0 Å². The first-order chi connectivity index (χ1) is 4.20. The van der Waals surface area contributed by atoms with E-state index in [1.165, 1.54) is 11.3 Å². The third kappa shape index (κ3) is 1.44. The van der Waals surface area contributed by atoms with E-state index in [-0.39, 0.29) is 0 Å². The minimum absolute atomic E-state index is 0.479. The molecule has 9 heavy (non-hydrogen) atoms. The average Bonchev–Trinajstić information content (AvgIpc) is 2.14. The van der Waals surface area contributed by atoms with Crippen LogP contribution in [0, 0.1) is 0 Å². The second kappa shape index (κ2) is 2.39. The standard InChI is InChI=1S/C4H6BNO2S/c6-4-2-1-3(9-4)5(7)8/h1-2,7-8H,6H2. The van der Waals surface area contributed by atoms with Gasteiger partial charge in [-0.2, -0.15) is 0 Å². The van der Waals surface area contributed by atoms with Gasteiger partial charge in [0, 0.05) is 4.78 Å². The molecule has 0 unspecified atom stereocenters. The van der Waals surface area contributed by atoms with E-state index < -0.39 is 7.12 Å². The minimum Gasteiger partial charge on any atom is -0.423 e. The molecule has 0 aliphatic heterocycles. The van der Waals surface area contributed by atoms with Gasteiger partial charge in [-0.3, -0.25) is 0 Å². The van der Waals surface area contributed by atoms with Crippen molar-refractivity contribution in [3.8, 4) is 0 Å². The fourth-order valence-corrected chi connectivity index (χ4v) is 1.16. The van der Waals surface area contributed by atoms with Crippen molar-refractivity contribution >= 4 is 28.2 Å². The number of nitrogen functional groups attached to an aromatic ring is 1. The summed E-state index contributed by atoms with van der Waals surface area (Å²) in [5.41, 5.74) is 5.31. The van der Waals surface area contributed by atoms with Crippen LogP contribution in [-0.4, -0.2) is 17.2 Å². The van der Waals surface area contributed by atoms with Crippen molar-refractivity contribution in [1.82, 2.24) is 0 Å². The normalized spacial score (nSPS) is 9.56. The summed E-state index contributed by atoms with van der Waals surface area (Å²) in [4.78, 5) is 0.